The molecule has 0 bridgehead atoms. The number of aromatic hydroxyl groups is 1. The van der Waals surface area contributed by atoms with E-state index >= 15 is 0 Å². The summed E-state index contributed by atoms with van der Waals surface area (Å²) >= 11 is 6.01. The molecule has 1 heterocycles. The highest BCUT2D eigenvalue weighted by atomic mass is 35.5. The molecule has 1 atom stereocenters. The lowest BCUT2D eigenvalue weighted by Crippen LogP contribution is -2.26. The molecule has 1 aliphatic rings. The summed E-state index contributed by atoms with van der Waals surface area (Å²) in [5.74, 6) is 0.648. The number of hydrogen-bond donors (Lipinski definition) is 1. The van der Waals surface area contributed by atoms with Gasteiger partial charge in [0.25, 0.3) is 0 Å². The Morgan fingerprint density at radius 3 is 2.88 bits per heavy atom. The molecule has 0 radical (unpaired) electrons. The van der Waals surface area contributed by atoms with E-state index in [1.807, 2.05) is 6.07 Å². The topological polar surface area (TPSA) is 32.7 Å². The summed E-state index contributed by atoms with van der Waals surface area (Å²) in [5, 5.41) is 10.6. The van der Waals surface area contributed by atoms with Gasteiger partial charge in [-0.05, 0) is 32.4 Å². The van der Waals surface area contributed by atoms with Crippen LogP contribution in [0.5, 0.6) is 11.5 Å². The largest absolute Gasteiger partial charge is 0.504 e. The Kier molecular flexibility index (Phi) is 3.79. The summed E-state index contributed by atoms with van der Waals surface area (Å²) in [4.78, 5) is 2.35. The van der Waals surface area contributed by atoms with Crippen molar-refractivity contribution in [2.45, 2.75) is 32.4 Å². The monoisotopic (exact) mass is 255 g/mol. The van der Waals surface area contributed by atoms with E-state index in [0.717, 1.165) is 18.7 Å². The van der Waals surface area contributed by atoms with Crippen molar-refractivity contribution in [1.29, 1.82) is 0 Å². The molecule has 1 unspecified atom stereocenters. The van der Waals surface area contributed by atoms with E-state index < -0.39 is 0 Å². The van der Waals surface area contributed by atoms with Crippen molar-refractivity contribution in [3.05, 3.63) is 22.7 Å². The molecule has 2 rings (SSSR count). The predicted molar refractivity (Wildman–Crippen MR) is 68.8 cm³/mol. The fourth-order valence-corrected chi connectivity index (χ4v) is 2.58. The average Bonchev–Trinajstić information content (AvgIpc) is 2.69. The standard InChI is InChI=1S/C13H18ClNO2/c1-9-4-3-5-15(9)8-10-6-11(14)7-12(17-2)13(10)16/h6-7,9,16H,3-5,8H2,1-2H3. The summed E-state index contributed by atoms with van der Waals surface area (Å²) in [6.07, 6.45) is 2.44. The van der Waals surface area contributed by atoms with E-state index in [4.69, 9.17) is 16.3 Å². The first-order valence-electron chi connectivity index (χ1n) is 5.91. The van der Waals surface area contributed by atoms with Crippen LogP contribution < -0.4 is 4.74 Å². The maximum absolute atomic E-state index is 10.0. The number of rotatable bonds is 3. The number of nitrogens with zero attached hydrogens (tertiary/aromatic N) is 1. The second kappa shape index (κ2) is 5.15. The second-order valence-corrected chi connectivity index (χ2v) is 5.01. The van der Waals surface area contributed by atoms with Crippen molar-refractivity contribution < 1.29 is 9.84 Å². The minimum absolute atomic E-state index is 0.205. The number of phenols is 1. The molecule has 0 aliphatic carbocycles. The van der Waals surface area contributed by atoms with Gasteiger partial charge in [-0.15, -0.1) is 0 Å². The predicted octanol–water partition coefficient (Wildman–Crippen LogP) is 3.04. The van der Waals surface area contributed by atoms with Crippen molar-refractivity contribution >= 4 is 11.6 Å². The lowest BCUT2D eigenvalue weighted by atomic mass is 10.1. The lowest BCUT2D eigenvalue weighted by Gasteiger charge is -2.22. The maximum Gasteiger partial charge on any atom is 0.162 e. The molecule has 1 saturated heterocycles. The number of ether oxygens (including phenoxy) is 1. The molecule has 0 aromatic heterocycles. The third-order valence-corrected chi connectivity index (χ3v) is 3.62. The molecule has 0 spiro atoms. The number of methoxy groups -OCH3 is 1. The Morgan fingerprint density at radius 2 is 2.29 bits per heavy atom. The first-order valence-corrected chi connectivity index (χ1v) is 6.29. The molecule has 1 fully saturated rings. The van der Waals surface area contributed by atoms with Crippen molar-refractivity contribution in [2.75, 3.05) is 13.7 Å². The maximum atomic E-state index is 10.0. The van der Waals surface area contributed by atoms with E-state index in [2.05, 4.69) is 11.8 Å². The van der Waals surface area contributed by atoms with Crippen LogP contribution in [0.25, 0.3) is 0 Å². The smallest absolute Gasteiger partial charge is 0.162 e. The number of hydrogen-bond acceptors (Lipinski definition) is 3. The Morgan fingerprint density at radius 1 is 1.53 bits per heavy atom. The zero-order valence-corrected chi connectivity index (χ0v) is 11.0. The Bertz CT molecular complexity index is 409. The van der Waals surface area contributed by atoms with Crippen LogP contribution in [-0.4, -0.2) is 29.7 Å². The molecule has 4 heteroatoms. The van der Waals surface area contributed by atoms with E-state index in [1.54, 1.807) is 6.07 Å². The molecule has 3 nitrogen and oxygen atoms in total. The van der Waals surface area contributed by atoms with E-state index in [9.17, 15) is 5.11 Å². The van der Waals surface area contributed by atoms with Gasteiger partial charge >= 0.3 is 0 Å². The highest BCUT2D eigenvalue weighted by molar-refractivity contribution is 6.30. The summed E-state index contributed by atoms with van der Waals surface area (Å²) in [6.45, 7) is 4.02. The summed E-state index contributed by atoms with van der Waals surface area (Å²) in [5.41, 5.74) is 0.836. The quantitative estimate of drug-likeness (QED) is 0.901. The molecule has 1 aromatic rings. The van der Waals surface area contributed by atoms with Crippen LogP contribution in [0.15, 0.2) is 12.1 Å². The molecule has 0 amide bonds. The van der Waals surface area contributed by atoms with Crippen LogP contribution in [0.4, 0.5) is 0 Å². The fourth-order valence-electron chi connectivity index (χ4n) is 2.35. The minimum Gasteiger partial charge on any atom is -0.504 e. The average molecular weight is 256 g/mol. The van der Waals surface area contributed by atoms with Gasteiger partial charge in [0.05, 0.1) is 7.11 Å². The van der Waals surface area contributed by atoms with Crippen LogP contribution >= 0.6 is 11.6 Å². The number of phenolic OH excluding ortho intramolecular Hbond substituents is 1. The molecule has 1 aromatic carbocycles. The Hall–Kier alpha value is -0.930. The minimum atomic E-state index is 0.205. The summed E-state index contributed by atoms with van der Waals surface area (Å²) < 4.78 is 5.10. The zero-order chi connectivity index (χ0) is 12.4. The molecule has 94 valence electrons. The van der Waals surface area contributed by atoms with Gasteiger partial charge in [-0.3, -0.25) is 4.90 Å². The van der Waals surface area contributed by atoms with Crippen LogP contribution in [0, 0.1) is 0 Å². The van der Waals surface area contributed by atoms with E-state index in [-0.39, 0.29) is 5.75 Å². The van der Waals surface area contributed by atoms with Crippen LogP contribution in [0.2, 0.25) is 5.02 Å². The van der Waals surface area contributed by atoms with Crippen molar-refractivity contribution in [3.8, 4) is 11.5 Å². The van der Waals surface area contributed by atoms with Gasteiger partial charge in [0.2, 0.25) is 0 Å². The van der Waals surface area contributed by atoms with Gasteiger partial charge in [-0.1, -0.05) is 11.6 Å². The van der Waals surface area contributed by atoms with Gasteiger partial charge in [-0.2, -0.15) is 0 Å². The third kappa shape index (κ3) is 2.67. The SMILES string of the molecule is COc1cc(Cl)cc(CN2CCCC2C)c1O. The van der Waals surface area contributed by atoms with Gasteiger partial charge in [0.1, 0.15) is 0 Å². The Balaban J connectivity index is 2.22. The summed E-state index contributed by atoms with van der Waals surface area (Å²) in [7, 11) is 1.54. The van der Waals surface area contributed by atoms with Crippen LogP contribution in [-0.2, 0) is 6.54 Å². The van der Waals surface area contributed by atoms with Gasteiger partial charge < -0.3 is 9.84 Å². The molecule has 1 N–H and O–H groups in total. The van der Waals surface area contributed by atoms with Gasteiger partial charge in [0, 0.05) is 29.2 Å². The third-order valence-electron chi connectivity index (χ3n) is 3.40. The van der Waals surface area contributed by atoms with E-state index in [0.29, 0.717) is 16.8 Å². The second-order valence-electron chi connectivity index (χ2n) is 4.58. The normalized spacial score (nSPS) is 20.8. The van der Waals surface area contributed by atoms with Crippen molar-refractivity contribution in [1.82, 2.24) is 4.90 Å². The summed E-state index contributed by atoms with van der Waals surface area (Å²) in [6, 6.07) is 4.01. The van der Waals surface area contributed by atoms with Crippen molar-refractivity contribution in [3.63, 3.8) is 0 Å². The number of likely N-dealkylation sites (tertiary alicyclic amines) is 1. The Labute approximate surface area is 107 Å². The molecule has 17 heavy (non-hydrogen) atoms. The molecule has 0 saturated carbocycles. The number of benzene rings is 1. The van der Waals surface area contributed by atoms with Gasteiger partial charge in [0.15, 0.2) is 11.5 Å². The fraction of sp³-hybridized carbons (Fsp3) is 0.538. The molecule has 1 aliphatic heterocycles. The first kappa shape index (κ1) is 12.5. The van der Waals surface area contributed by atoms with Gasteiger partial charge in [-0.25, -0.2) is 0 Å². The highest BCUT2D eigenvalue weighted by Crippen LogP contribution is 2.35. The lowest BCUT2D eigenvalue weighted by molar-refractivity contribution is 0.255. The van der Waals surface area contributed by atoms with Crippen LogP contribution in [0.3, 0.4) is 0 Å². The molecular formula is C13H18ClNO2. The van der Waals surface area contributed by atoms with E-state index in [1.165, 1.54) is 20.0 Å². The highest BCUT2D eigenvalue weighted by Gasteiger charge is 2.22. The molecular weight excluding hydrogens is 238 g/mol. The number of halogens is 1. The zero-order valence-electron chi connectivity index (χ0n) is 10.2. The first-order chi connectivity index (χ1) is 8.11. The van der Waals surface area contributed by atoms with Crippen LogP contribution in [0.1, 0.15) is 25.3 Å². The van der Waals surface area contributed by atoms with Crippen molar-refractivity contribution in [2.24, 2.45) is 0 Å².